The highest BCUT2D eigenvalue weighted by Crippen LogP contribution is 2.24. The van der Waals surface area contributed by atoms with Gasteiger partial charge in [0.05, 0.1) is 5.54 Å². The van der Waals surface area contributed by atoms with Gasteiger partial charge in [-0.15, -0.1) is 0 Å². The van der Waals surface area contributed by atoms with Crippen LogP contribution in [0.25, 0.3) is 0 Å². The molecular formula is C14H24N2O. The fraction of sp³-hybridized carbons (Fsp3) is 0.571. The minimum absolute atomic E-state index is 0.130. The summed E-state index contributed by atoms with van der Waals surface area (Å²) < 4.78 is 5.96. The van der Waals surface area contributed by atoms with Crippen LogP contribution in [-0.4, -0.2) is 37.7 Å². The number of para-hydroxylation sites is 1. The molecule has 3 nitrogen and oxygen atoms in total. The number of nitrogens with two attached hydrogens (primary N) is 1. The maximum absolute atomic E-state index is 5.96. The summed E-state index contributed by atoms with van der Waals surface area (Å²) >= 11 is 0. The zero-order valence-electron chi connectivity index (χ0n) is 11.6. The monoisotopic (exact) mass is 236 g/mol. The molecule has 2 N–H and O–H groups in total. The van der Waals surface area contributed by atoms with Crippen molar-refractivity contribution in [2.24, 2.45) is 5.73 Å². The summed E-state index contributed by atoms with van der Waals surface area (Å²) in [5, 5.41) is 0. The lowest BCUT2D eigenvalue weighted by Crippen LogP contribution is -2.52. The number of hydrogen-bond donors (Lipinski definition) is 1. The van der Waals surface area contributed by atoms with Crippen molar-refractivity contribution >= 4 is 0 Å². The lowest BCUT2D eigenvalue weighted by molar-refractivity contribution is 0.104. The lowest BCUT2D eigenvalue weighted by atomic mass is 10.0. The van der Waals surface area contributed by atoms with Crippen molar-refractivity contribution in [2.45, 2.75) is 26.3 Å². The molecule has 1 rings (SSSR count). The quantitative estimate of drug-likeness (QED) is 0.849. The van der Waals surface area contributed by atoms with Gasteiger partial charge in [0.2, 0.25) is 0 Å². The summed E-state index contributed by atoms with van der Waals surface area (Å²) in [5.74, 6) is 0.981. The number of ether oxygens (including phenoxy) is 1. The number of likely N-dealkylation sites (N-methyl/N-ethyl adjacent to an activating group) is 1. The molecule has 0 aromatic heterocycles. The molecule has 0 amide bonds. The number of hydrogen-bond acceptors (Lipinski definition) is 3. The Morgan fingerprint density at radius 2 is 1.76 bits per heavy atom. The van der Waals surface area contributed by atoms with Crippen LogP contribution < -0.4 is 10.5 Å². The van der Waals surface area contributed by atoms with Crippen LogP contribution in [0.5, 0.6) is 5.75 Å². The fourth-order valence-electron chi connectivity index (χ4n) is 1.63. The highest BCUT2D eigenvalue weighted by molar-refractivity contribution is 5.39. The van der Waals surface area contributed by atoms with Crippen molar-refractivity contribution in [2.75, 3.05) is 27.2 Å². The molecule has 1 aromatic carbocycles. The minimum Gasteiger partial charge on any atom is -0.491 e. The van der Waals surface area contributed by atoms with Crippen LogP contribution in [-0.2, 0) is 0 Å². The van der Waals surface area contributed by atoms with E-state index >= 15 is 0 Å². The summed E-state index contributed by atoms with van der Waals surface area (Å²) in [7, 11) is 4.06. The summed E-state index contributed by atoms with van der Waals surface area (Å²) in [6.45, 7) is 7.42. The molecule has 0 spiro atoms. The van der Waals surface area contributed by atoms with Gasteiger partial charge in [0.1, 0.15) is 12.4 Å². The Hall–Kier alpha value is -1.06. The second-order valence-corrected chi connectivity index (χ2v) is 5.11. The van der Waals surface area contributed by atoms with Crippen LogP contribution in [0.3, 0.4) is 0 Å². The third-order valence-corrected chi connectivity index (χ3v) is 3.46. The Morgan fingerprint density at radius 3 is 2.18 bits per heavy atom. The Kier molecular flexibility index (Phi) is 4.54. The highest BCUT2D eigenvalue weighted by atomic mass is 16.5. The zero-order valence-corrected chi connectivity index (χ0v) is 11.6. The van der Waals surface area contributed by atoms with Gasteiger partial charge in [-0.05, 0) is 46.0 Å². The molecule has 0 bridgehead atoms. The SMILES string of the molecule is Cc1cccc(C)c1OCC(C)(CN)N(C)C. The summed E-state index contributed by atoms with van der Waals surface area (Å²) in [4.78, 5) is 2.11. The standard InChI is InChI=1S/C14H24N2O/c1-11-7-6-8-12(2)13(11)17-10-14(3,9-15)16(4)5/h6-8H,9-10,15H2,1-5H3. The van der Waals surface area contributed by atoms with Crippen molar-refractivity contribution in [1.29, 1.82) is 0 Å². The molecule has 0 aliphatic heterocycles. The maximum Gasteiger partial charge on any atom is 0.125 e. The van der Waals surface area contributed by atoms with Crippen LogP contribution >= 0.6 is 0 Å². The van der Waals surface area contributed by atoms with Crippen LogP contribution in [0.15, 0.2) is 18.2 Å². The Bertz CT molecular complexity index is 356. The number of rotatable bonds is 5. The van der Waals surface area contributed by atoms with E-state index in [4.69, 9.17) is 10.5 Å². The molecule has 0 aliphatic rings. The smallest absolute Gasteiger partial charge is 0.125 e. The van der Waals surface area contributed by atoms with Crippen molar-refractivity contribution in [3.8, 4) is 5.75 Å². The topological polar surface area (TPSA) is 38.5 Å². The molecule has 3 heteroatoms. The maximum atomic E-state index is 5.96. The third kappa shape index (κ3) is 3.20. The molecule has 17 heavy (non-hydrogen) atoms. The molecule has 0 saturated heterocycles. The molecule has 0 fully saturated rings. The number of benzene rings is 1. The van der Waals surface area contributed by atoms with E-state index in [-0.39, 0.29) is 5.54 Å². The van der Waals surface area contributed by atoms with Crippen LogP contribution in [0.2, 0.25) is 0 Å². The Balaban J connectivity index is 2.80. The van der Waals surface area contributed by atoms with E-state index < -0.39 is 0 Å². The average molecular weight is 236 g/mol. The predicted octanol–water partition coefficient (Wildman–Crippen LogP) is 1.96. The molecule has 1 unspecified atom stereocenters. The highest BCUT2D eigenvalue weighted by Gasteiger charge is 2.26. The summed E-state index contributed by atoms with van der Waals surface area (Å²) in [6.07, 6.45) is 0. The number of aryl methyl sites for hydroxylation is 2. The molecule has 96 valence electrons. The van der Waals surface area contributed by atoms with Gasteiger partial charge in [-0.1, -0.05) is 18.2 Å². The van der Waals surface area contributed by atoms with E-state index in [9.17, 15) is 0 Å². The molecule has 0 aliphatic carbocycles. The predicted molar refractivity (Wildman–Crippen MR) is 72.6 cm³/mol. The molecule has 0 saturated carbocycles. The largest absolute Gasteiger partial charge is 0.491 e. The first kappa shape index (κ1) is 14.0. The summed E-state index contributed by atoms with van der Waals surface area (Å²) in [5.41, 5.74) is 8.04. The van der Waals surface area contributed by atoms with E-state index in [2.05, 4.69) is 37.8 Å². The summed E-state index contributed by atoms with van der Waals surface area (Å²) in [6, 6.07) is 6.18. The van der Waals surface area contributed by atoms with Gasteiger partial charge in [-0.3, -0.25) is 4.90 Å². The molecular weight excluding hydrogens is 212 g/mol. The van der Waals surface area contributed by atoms with Crippen molar-refractivity contribution in [3.63, 3.8) is 0 Å². The minimum atomic E-state index is -0.130. The van der Waals surface area contributed by atoms with Crippen LogP contribution in [0.4, 0.5) is 0 Å². The molecule has 0 heterocycles. The van der Waals surface area contributed by atoms with E-state index in [0.717, 1.165) is 5.75 Å². The van der Waals surface area contributed by atoms with Crippen molar-refractivity contribution in [3.05, 3.63) is 29.3 Å². The van der Waals surface area contributed by atoms with Crippen molar-refractivity contribution < 1.29 is 4.74 Å². The Labute approximate surface area is 105 Å². The number of nitrogens with zero attached hydrogens (tertiary/aromatic N) is 1. The van der Waals surface area contributed by atoms with Gasteiger partial charge in [0.25, 0.3) is 0 Å². The van der Waals surface area contributed by atoms with E-state index in [0.29, 0.717) is 13.2 Å². The van der Waals surface area contributed by atoms with Gasteiger partial charge in [-0.25, -0.2) is 0 Å². The third-order valence-electron chi connectivity index (χ3n) is 3.46. The first-order valence-electron chi connectivity index (χ1n) is 5.97. The van der Waals surface area contributed by atoms with Gasteiger partial charge in [-0.2, -0.15) is 0 Å². The molecule has 1 atom stereocenters. The zero-order chi connectivity index (χ0) is 13.1. The van der Waals surface area contributed by atoms with Gasteiger partial charge in [0, 0.05) is 6.54 Å². The first-order valence-corrected chi connectivity index (χ1v) is 5.97. The normalized spacial score (nSPS) is 14.8. The Morgan fingerprint density at radius 1 is 1.24 bits per heavy atom. The van der Waals surface area contributed by atoms with Crippen molar-refractivity contribution in [1.82, 2.24) is 4.90 Å². The molecule has 1 aromatic rings. The van der Waals surface area contributed by atoms with E-state index in [1.807, 2.05) is 20.2 Å². The van der Waals surface area contributed by atoms with Gasteiger partial charge in [0.15, 0.2) is 0 Å². The fourth-order valence-corrected chi connectivity index (χ4v) is 1.63. The van der Waals surface area contributed by atoms with E-state index in [1.54, 1.807) is 0 Å². The van der Waals surface area contributed by atoms with Crippen LogP contribution in [0.1, 0.15) is 18.1 Å². The van der Waals surface area contributed by atoms with Crippen LogP contribution in [0, 0.1) is 13.8 Å². The van der Waals surface area contributed by atoms with E-state index in [1.165, 1.54) is 11.1 Å². The first-order chi connectivity index (χ1) is 7.90. The second-order valence-electron chi connectivity index (χ2n) is 5.11. The average Bonchev–Trinajstić information content (AvgIpc) is 2.27. The molecule has 0 radical (unpaired) electrons. The lowest BCUT2D eigenvalue weighted by Gasteiger charge is -2.35. The van der Waals surface area contributed by atoms with Gasteiger partial charge < -0.3 is 10.5 Å². The second kappa shape index (κ2) is 5.52. The van der Waals surface area contributed by atoms with Gasteiger partial charge >= 0.3 is 0 Å².